The van der Waals surface area contributed by atoms with Gasteiger partial charge in [0.25, 0.3) is 5.91 Å². The molecule has 1 N–H and O–H groups in total. The molecule has 1 saturated heterocycles. The third kappa shape index (κ3) is 4.86. The number of esters is 1. The first-order valence-electron chi connectivity index (χ1n) is 9.05. The molecule has 6 nitrogen and oxygen atoms in total. The lowest BCUT2D eigenvalue weighted by Gasteiger charge is -2.28. The molecule has 0 aliphatic carbocycles. The molecule has 0 bridgehead atoms. The highest BCUT2D eigenvalue weighted by Gasteiger charge is 2.20. The monoisotopic (exact) mass is 368 g/mol. The van der Waals surface area contributed by atoms with Gasteiger partial charge < -0.3 is 19.7 Å². The summed E-state index contributed by atoms with van der Waals surface area (Å²) < 4.78 is 10.7. The molecule has 0 aromatic heterocycles. The van der Waals surface area contributed by atoms with Crippen molar-refractivity contribution in [2.75, 3.05) is 36.5 Å². The van der Waals surface area contributed by atoms with Crippen molar-refractivity contribution < 1.29 is 19.1 Å². The Labute approximate surface area is 159 Å². The Kier molecular flexibility index (Phi) is 6.08. The van der Waals surface area contributed by atoms with Crippen molar-refractivity contribution in [3.63, 3.8) is 0 Å². The predicted octanol–water partition coefficient (Wildman–Crippen LogP) is 3.02. The van der Waals surface area contributed by atoms with E-state index in [0.717, 1.165) is 37.6 Å². The summed E-state index contributed by atoms with van der Waals surface area (Å²) in [6.07, 6.45) is -0.893. The average Bonchev–Trinajstić information content (AvgIpc) is 2.69. The van der Waals surface area contributed by atoms with Crippen LogP contribution in [0.3, 0.4) is 0 Å². The van der Waals surface area contributed by atoms with E-state index in [-0.39, 0.29) is 5.91 Å². The topological polar surface area (TPSA) is 67.9 Å². The van der Waals surface area contributed by atoms with Crippen LogP contribution in [0.2, 0.25) is 0 Å². The lowest BCUT2D eigenvalue weighted by Crippen LogP contribution is -2.36. The third-order valence-electron chi connectivity index (χ3n) is 4.53. The number of anilines is 2. The van der Waals surface area contributed by atoms with Crippen LogP contribution in [0.25, 0.3) is 0 Å². The summed E-state index contributed by atoms with van der Waals surface area (Å²) in [7, 11) is 0. The van der Waals surface area contributed by atoms with Gasteiger partial charge in [-0.05, 0) is 49.7 Å². The van der Waals surface area contributed by atoms with Crippen LogP contribution in [0.15, 0.2) is 48.5 Å². The maximum absolute atomic E-state index is 12.3. The Morgan fingerprint density at radius 2 is 1.74 bits per heavy atom. The van der Waals surface area contributed by atoms with Crippen LogP contribution in [0.1, 0.15) is 22.8 Å². The summed E-state index contributed by atoms with van der Waals surface area (Å²) in [4.78, 5) is 26.8. The van der Waals surface area contributed by atoms with Crippen LogP contribution in [-0.4, -0.2) is 44.3 Å². The smallest absolute Gasteiger partial charge is 0.339 e. The molecule has 0 unspecified atom stereocenters. The van der Waals surface area contributed by atoms with Crippen LogP contribution in [0.5, 0.6) is 0 Å². The van der Waals surface area contributed by atoms with Crippen molar-refractivity contribution in [1.82, 2.24) is 0 Å². The van der Waals surface area contributed by atoms with E-state index >= 15 is 0 Å². The van der Waals surface area contributed by atoms with Gasteiger partial charge in [0.05, 0.1) is 18.8 Å². The first-order valence-corrected chi connectivity index (χ1v) is 9.05. The summed E-state index contributed by atoms with van der Waals surface area (Å²) in [5.41, 5.74) is 3.03. The summed E-state index contributed by atoms with van der Waals surface area (Å²) >= 11 is 0. The number of carbonyl (C=O) groups is 2. The number of aryl methyl sites for hydroxylation is 1. The normalized spacial score (nSPS) is 15.1. The van der Waals surface area contributed by atoms with Gasteiger partial charge in [-0.15, -0.1) is 0 Å². The number of hydrogen-bond acceptors (Lipinski definition) is 5. The van der Waals surface area contributed by atoms with Gasteiger partial charge in [-0.25, -0.2) is 4.79 Å². The second kappa shape index (κ2) is 8.68. The minimum atomic E-state index is -0.893. The Hall–Kier alpha value is -2.86. The second-order valence-corrected chi connectivity index (χ2v) is 6.50. The molecule has 27 heavy (non-hydrogen) atoms. The molecule has 2 aromatic carbocycles. The van der Waals surface area contributed by atoms with Crippen molar-refractivity contribution in [2.24, 2.45) is 0 Å². The summed E-state index contributed by atoms with van der Waals surface area (Å²) in [6.45, 7) is 6.56. The fourth-order valence-corrected chi connectivity index (χ4v) is 2.90. The van der Waals surface area contributed by atoms with E-state index in [1.165, 1.54) is 0 Å². The zero-order valence-corrected chi connectivity index (χ0v) is 15.6. The standard InChI is InChI=1S/C21H24N2O4/c1-15-5-3-4-6-19(15)21(25)27-16(2)20(24)22-17-7-9-18(10-8-17)23-11-13-26-14-12-23/h3-10,16H,11-14H2,1-2H3,(H,22,24)/t16-/m1/s1. The molecule has 0 spiro atoms. The average molecular weight is 368 g/mol. The molecule has 1 aliphatic heterocycles. The van der Waals surface area contributed by atoms with Crippen molar-refractivity contribution >= 4 is 23.3 Å². The summed E-state index contributed by atoms with van der Waals surface area (Å²) in [6, 6.07) is 14.8. The molecule has 2 aromatic rings. The van der Waals surface area contributed by atoms with Crippen molar-refractivity contribution in [1.29, 1.82) is 0 Å². The Morgan fingerprint density at radius 3 is 2.41 bits per heavy atom. The zero-order chi connectivity index (χ0) is 19.2. The SMILES string of the molecule is Cc1ccccc1C(=O)O[C@H](C)C(=O)Nc1ccc(N2CCOCC2)cc1. The molecule has 1 heterocycles. The fraction of sp³-hybridized carbons (Fsp3) is 0.333. The predicted molar refractivity (Wildman–Crippen MR) is 104 cm³/mol. The lowest BCUT2D eigenvalue weighted by atomic mass is 10.1. The fourth-order valence-electron chi connectivity index (χ4n) is 2.90. The van der Waals surface area contributed by atoms with Crippen LogP contribution in [0, 0.1) is 6.92 Å². The van der Waals surface area contributed by atoms with E-state index in [4.69, 9.17) is 9.47 Å². The minimum Gasteiger partial charge on any atom is -0.449 e. The number of morpholine rings is 1. The quantitative estimate of drug-likeness (QED) is 0.822. The van der Waals surface area contributed by atoms with Crippen LogP contribution in [0.4, 0.5) is 11.4 Å². The Bertz CT molecular complexity index is 798. The molecule has 0 saturated carbocycles. The first-order chi connectivity index (χ1) is 13.0. The highest BCUT2D eigenvalue weighted by molar-refractivity contribution is 5.97. The van der Waals surface area contributed by atoms with Crippen molar-refractivity contribution in [3.05, 3.63) is 59.7 Å². The van der Waals surface area contributed by atoms with E-state index in [2.05, 4.69) is 10.2 Å². The molecule has 1 atom stereocenters. The van der Waals surface area contributed by atoms with Crippen LogP contribution >= 0.6 is 0 Å². The number of carbonyl (C=O) groups excluding carboxylic acids is 2. The van der Waals surface area contributed by atoms with E-state index in [0.29, 0.717) is 11.3 Å². The maximum atomic E-state index is 12.3. The summed E-state index contributed by atoms with van der Waals surface area (Å²) in [5, 5.41) is 2.78. The number of hydrogen-bond donors (Lipinski definition) is 1. The second-order valence-electron chi connectivity index (χ2n) is 6.50. The zero-order valence-electron chi connectivity index (χ0n) is 15.6. The van der Waals surface area contributed by atoms with Gasteiger partial charge >= 0.3 is 5.97 Å². The number of amides is 1. The van der Waals surface area contributed by atoms with Crippen LogP contribution in [-0.2, 0) is 14.3 Å². The minimum absolute atomic E-state index is 0.365. The van der Waals surface area contributed by atoms with E-state index in [1.807, 2.05) is 43.3 Å². The Balaban J connectivity index is 1.56. The van der Waals surface area contributed by atoms with E-state index < -0.39 is 12.1 Å². The van der Waals surface area contributed by atoms with Crippen molar-refractivity contribution in [3.8, 4) is 0 Å². The van der Waals surface area contributed by atoms with E-state index in [9.17, 15) is 9.59 Å². The van der Waals surface area contributed by atoms with Crippen LogP contribution < -0.4 is 10.2 Å². The van der Waals surface area contributed by atoms with Gasteiger partial charge in [0.1, 0.15) is 0 Å². The molecule has 142 valence electrons. The number of nitrogens with one attached hydrogen (secondary N) is 1. The number of rotatable bonds is 5. The molecule has 6 heteroatoms. The largest absolute Gasteiger partial charge is 0.449 e. The van der Waals surface area contributed by atoms with Crippen molar-refractivity contribution in [2.45, 2.75) is 20.0 Å². The molecular formula is C21H24N2O4. The van der Waals surface area contributed by atoms with Gasteiger partial charge in [0.2, 0.25) is 0 Å². The van der Waals surface area contributed by atoms with Gasteiger partial charge in [-0.2, -0.15) is 0 Å². The highest BCUT2D eigenvalue weighted by atomic mass is 16.5. The number of benzene rings is 2. The molecule has 1 amide bonds. The number of ether oxygens (including phenoxy) is 2. The van der Waals surface area contributed by atoms with Gasteiger partial charge in [0, 0.05) is 24.5 Å². The number of nitrogens with zero attached hydrogens (tertiary/aromatic N) is 1. The van der Waals surface area contributed by atoms with Gasteiger partial charge in [-0.1, -0.05) is 18.2 Å². The molecule has 3 rings (SSSR count). The summed E-state index contributed by atoms with van der Waals surface area (Å²) in [5.74, 6) is -0.866. The molecule has 1 fully saturated rings. The third-order valence-corrected chi connectivity index (χ3v) is 4.53. The van der Waals surface area contributed by atoms with Gasteiger partial charge in [0.15, 0.2) is 6.10 Å². The highest BCUT2D eigenvalue weighted by Crippen LogP contribution is 2.19. The van der Waals surface area contributed by atoms with Gasteiger partial charge in [-0.3, -0.25) is 4.79 Å². The lowest BCUT2D eigenvalue weighted by molar-refractivity contribution is -0.123. The first kappa shape index (κ1) is 18.9. The molecule has 1 aliphatic rings. The van der Waals surface area contributed by atoms with E-state index in [1.54, 1.807) is 19.1 Å². The molecular weight excluding hydrogens is 344 g/mol. The molecule has 0 radical (unpaired) electrons. The Morgan fingerprint density at radius 1 is 1.07 bits per heavy atom. The maximum Gasteiger partial charge on any atom is 0.339 e.